The molecule has 4 rings (SSSR count). The van der Waals surface area contributed by atoms with Crippen molar-refractivity contribution in [1.82, 2.24) is 4.98 Å². The van der Waals surface area contributed by atoms with Crippen LogP contribution in [0.1, 0.15) is 69.4 Å². The topological polar surface area (TPSA) is 26.0 Å². The van der Waals surface area contributed by atoms with Crippen LogP contribution in [-0.2, 0) is 10.8 Å². The van der Waals surface area contributed by atoms with Gasteiger partial charge in [0.05, 0.1) is 5.69 Å². The van der Waals surface area contributed by atoms with Gasteiger partial charge in [0.15, 0.2) is 0 Å². The number of benzene rings is 2. The van der Waals surface area contributed by atoms with E-state index in [1.54, 1.807) is 0 Å². The number of furan rings is 1. The van der Waals surface area contributed by atoms with Crippen LogP contribution >= 0.6 is 0 Å². The van der Waals surface area contributed by atoms with Crippen molar-refractivity contribution in [3.63, 3.8) is 0 Å². The molecule has 0 saturated carbocycles. The zero-order chi connectivity index (χ0) is 23.4. The number of nitrogens with zero attached hydrogens (tertiary/aromatic N) is 1. The standard InChI is InChI=1S/C30H35NO/c1-18-10-21(14-23(11-18)29(4,5)6)25-16-26-22(17-31-25)15-27(32-26)28-19(2)12-24(13-20(28)3)30(7,8)9/h10-17H,1-9H3. The first-order valence-electron chi connectivity index (χ1n) is 11.5. The molecule has 2 heterocycles. The van der Waals surface area contributed by atoms with Gasteiger partial charge < -0.3 is 4.42 Å². The van der Waals surface area contributed by atoms with Crippen LogP contribution in [0, 0.1) is 20.8 Å². The summed E-state index contributed by atoms with van der Waals surface area (Å²) in [6.07, 6.45) is 1.94. The fourth-order valence-electron chi connectivity index (χ4n) is 4.36. The van der Waals surface area contributed by atoms with E-state index in [1.807, 2.05) is 6.20 Å². The van der Waals surface area contributed by atoms with E-state index in [4.69, 9.17) is 9.40 Å². The summed E-state index contributed by atoms with van der Waals surface area (Å²) in [7, 11) is 0. The highest BCUT2D eigenvalue weighted by Crippen LogP contribution is 2.36. The fourth-order valence-corrected chi connectivity index (χ4v) is 4.36. The Morgan fingerprint density at radius 2 is 1.28 bits per heavy atom. The van der Waals surface area contributed by atoms with E-state index in [0.29, 0.717) is 0 Å². The molecule has 166 valence electrons. The van der Waals surface area contributed by atoms with Gasteiger partial charge in [-0.3, -0.25) is 4.98 Å². The molecule has 0 saturated heterocycles. The molecule has 4 aromatic rings. The van der Waals surface area contributed by atoms with Crippen LogP contribution in [0.25, 0.3) is 33.6 Å². The number of pyridine rings is 1. The van der Waals surface area contributed by atoms with Crippen LogP contribution < -0.4 is 0 Å². The number of rotatable bonds is 2. The predicted octanol–water partition coefficient (Wildman–Crippen LogP) is 8.68. The SMILES string of the molecule is Cc1cc(-c2cc3oc(-c4c(C)cc(C(C)(C)C)cc4C)cc3cn2)cc(C(C)(C)C)c1. The van der Waals surface area contributed by atoms with Crippen molar-refractivity contribution in [2.24, 2.45) is 0 Å². The second kappa shape index (κ2) is 7.62. The van der Waals surface area contributed by atoms with Gasteiger partial charge in [-0.1, -0.05) is 65.3 Å². The second-order valence-electron chi connectivity index (χ2n) is 11.3. The van der Waals surface area contributed by atoms with Crippen LogP contribution in [0.15, 0.2) is 53.1 Å². The van der Waals surface area contributed by atoms with E-state index in [9.17, 15) is 0 Å². The van der Waals surface area contributed by atoms with Gasteiger partial charge in [0, 0.05) is 28.8 Å². The van der Waals surface area contributed by atoms with Crippen molar-refractivity contribution >= 4 is 11.0 Å². The highest BCUT2D eigenvalue weighted by atomic mass is 16.3. The van der Waals surface area contributed by atoms with Crippen molar-refractivity contribution in [2.75, 3.05) is 0 Å². The minimum Gasteiger partial charge on any atom is -0.456 e. The zero-order valence-corrected chi connectivity index (χ0v) is 21.0. The average Bonchev–Trinajstić information content (AvgIpc) is 3.08. The zero-order valence-electron chi connectivity index (χ0n) is 21.0. The third-order valence-electron chi connectivity index (χ3n) is 6.29. The van der Waals surface area contributed by atoms with Gasteiger partial charge in [-0.05, 0) is 72.1 Å². The molecule has 0 spiro atoms. The lowest BCUT2D eigenvalue weighted by atomic mass is 9.83. The Morgan fingerprint density at radius 3 is 1.88 bits per heavy atom. The molecule has 0 atom stereocenters. The molecular weight excluding hydrogens is 390 g/mol. The molecule has 2 aromatic heterocycles. The lowest BCUT2D eigenvalue weighted by Crippen LogP contribution is -2.12. The van der Waals surface area contributed by atoms with Gasteiger partial charge in [0.1, 0.15) is 11.3 Å². The summed E-state index contributed by atoms with van der Waals surface area (Å²) < 4.78 is 6.39. The quantitative estimate of drug-likeness (QED) is 0.321. The molecular formula is C30H35NO. The number of hydrogen-bond acceptors (Lipinski definition) is 2. The largest absolute Gasteiger partial charge is 0.456 e. The molecule has 0 fully saturated rings. The number of aromatic nitrogens is 1. The predicted molar refractivity (Wildman–Crippen MR) is 136 cm³/mol. The van der Waals surface area contributed by atoms with Crippen LogP contribution in [0.4, 0.5) is 0 Å². The smallest absolute Gasteiger partial charge is 0.138 e. The van der Waals surface area contributed by atoms with E-state index in [2.05, 4.69) is 105 Å². The normalized spacial score (nSPS) is 12.5. The summed E-state index contributed by atoms with van der Waals surface area (Å²) in [6, 6.07) is 15.5. The average molecular weight is 426 g/mol. The Bertz CT molecular complexity index is 1290. The molecule has 0 amide bonds. The molecule has 2 aromatic carbocycles. The number of fused-ring (bicyclic) bond motifs is 1. The Kier molecular flexibility index (Phi) is 5.32. The van der Waals surface area contributed by atoms with Crippen LogP contribution in [0.5, 0.6) is 0 Å². The van der Waals surface area contributed by atoms with E-state index in [0.717, 1.165) is 28.0 Å². The summed E-state index contributed by atoms with van der Waals surface area (Å²) in [5, 5.41) is 1.03. The first-order valence-corrected chi connectivity index (χ1v) is 11.5. The molecule has 0 radical (unpaired) electrons. The highest BCUT2D eigenvalue weighted by Gasteiger charge is 2.19. The van der Waals surface area contributed by atoms with Gasteiger partial charge in [-0.25, -0.2) is 0 Å². The minimum atomic E-state index is 0.0942. The third kappa shape index (κ3) is 4.24. The van der Waals surface area contributed by atoms with Crippen LogP contribution in [0.2, 0.25) is 0 Å². The first kappa shape index (κ1) is 22.3. The Hall–Kier alpha value is -2.87. The summed E-state index contributed by atoms with van der Waals surface area (Å²) in [4.78, 5) is 4.78. The Balaban J connectivity index is 1.80. The molecule has 2 heteroatoms. The van der Waals surface area contributed by atoms with Gasteiger partial charge in [0.25, 0.3) is 0 Å². The van der Waals surface area contributed by atoms with Gasteiger partial charge in [-0.2, -0.15) is 0 Å². The van der Waals surface area contributed by atoms with E-state index >= 15 is 0 Å². The molecule has 2 nitrogen and oxygen atoms in total. The summed E-state index contributed by atoms with van der Waals surface area (Å²) in [5.74, 6) is 0.911. The maximum atomic E-state index is 6.39. The van der Waals surface area contributed by atoms with Crippen LogP contribution in [-0.4, -0.2) is 4.98 Å². The van der Waals surface area contributed by atoms with Crippen molar-refractivity contribution < 1.29 is 4.42 Å². The molecule has 0 aliphatic heterocycles. The van der Waals surface area contributed by atoms with Crippen molar-refractivity contribution in [1.29, 1.82) is 0 Å². The molecule has 0 aliphatic carbocycles. The Morgan fingerprint density at radius 1 is 0.688 bits per heavy atom. The summed E-state index contributed by atoms with van der Waals surface area (Å²) in [5.41, 5.74) is 10.8. The lowest BCUT2D eigenvalue weighted by molar-refractivity contribution is 0.588. The van der Waals surface area contributed by atoms with Gasteiger partial charge in [-0.15, -0.1) is 0 Å². The van der Waals surface area contributed by atoms with Crippen molar-refractivity contribution in [3.8, 4) is 22.6 Å². The summed E-state index contributed by atoms with van der Waals surface area (Å²) >= 11 is 0. The van der Waals surface area contributed by atoms with Crippen molar-refractivity contribution in [3.05, 3.63) is 76.5 Å². The molecule has 0 bridgehead atoms. The molecule has 0 unspecified atom stereocenters. The minimum absolute atomic E-state index is 0.0942. The molecule has 0 N–H and O–H groups in total. The van der Waals surface area contributed by atoms with Crippen LogP contribution in [0.3, 0.4) is 0 Å². The van der Waals surface area contributed by atoms with Gasteiger partial charge >= 0.3 is 0 Å². The maximum Gasteiger partial charge on any atom is 0.138 e. The summed E-state index contributed by atoms with van der Waals surface area (Å²) in [6.45, 7) is 20.0. The van der Waals surface area contributed by atoms with E-state index in [1.165, 1.54) is 33.4 Å². The highest BCUT2D eigenvalue weighted by molar-refractivity contribution is 5.86. The van der Waals surface area contributed by atoms with E-state index < -0.39 is 0 Å². The second-order valence-corrected chi connectivity index (χ2v) is 11.3. The lowest BCUT2D eigenvalue weighted by Gasteiger charge is -2.21. The van der Waals surface area contributed by atoms with Crippen molar-refractivity contribution in [2.45, 2.75) is 73.1 Å². The molecule has 0 aliphatic rings. The monoisotopic (exact) mass is 425 g/mol. The number of hydrogen-bond donors (Lipinski definition) is 0. The molecule has 32 heavy (non-hydrogen) atoms. The third-order valence-corrected chi connectivity index (χ3v) is 6.29. The van der Waals surface area contributed by atoms with Gasteiger partial charge in [0.2, 0.25) is 0 Å². The fraction of sp³-hybridized carbons (Fsp3) is 0.367. The number of aryl methyl sites for hydroxylation is 3. The first-order chi connectivity index (χ1) is 14.8. The van der Waals surface area contributed by atoms with E-state index in [-0.39, 0.29) is 10.8 Å². The maximum absolute atomic E-state index is 6.39. The Labute approximate surface area is 192 Å².